The second-order valence-corrected chi connectivity index (χ2v) is 5.75. The van der Waals surface area contributed by atoms with Gasteiger partial charge in [-0.15, -0.1) is 0 Å². The fourth-order valence-corrected chi connectivity index (χ4v) is 1.16. The first-order chi connectivity index (χ1) is 6.50. The van der Waals surface area contributed by atoms with Crippen LogP contribution in [-0.2, 0) is 14.3 Å². The standard InChI is InChI=1S/C9H16BrNO3/c1-9(2,10)8(12)14-7-4-3-5-13-6-11-7/h7,11H,3-6H2,1-2H3. The van der Waals surface area contributed by atoms with Crippen molar-refractivity contribution in [2.24, 2.45) is 0 Å². The fraction of sp³-hybridized carbons (Fsp3) is 0.889. The average molecular weight is 266 g/mol. The Labute approximate surface area is 92.5 Å². The first-order valence-electron chi connectivity index (χ1n) is 4.71. The maximum atomic E-state index is 11.5. The summed E-state index contributed by atoms with van der Waals surface area (Å²) in [5, 5.41) is 3.00. The molecule has 0 spiro atoms. The van der Waals surface area contributed by atoms with Crippen molar-refractivity contribution < 1.29 is 14.3 Å². The van der Waals surface area contributed by atoms with E-state index in [1.54, 1.807) is 13.8 Å². The molecule has 1 aliphatic heterocycles. The number of alkyl halides is 1. The monoisotopic (exact) mass is 265 g/mol. The molecule has 82 valence electrons. The molecule has 14 heavy (non-hydrogen) atoms. The van der Waals surface area contributed by atoms with Gasteiger partial charge in [-0.1, -0.05) is 15.9 Å². The summed E-state index contributed by atoms with van der Waals surface area (Å²) >= 11 is 3.26. The number of nitrogens with one attached hydrogen (secondary N) is 1. The van der Waals surface area contributed by atoms with Crippen LogP contribution in [0.2, 0.25) is 0 Å². The molecule has 0 radical (unpaired) electrons. The number of carbonyl (C=O) groups is 1. The van der Waals surface area contributed by atoms with Gasteiger partial charge in [-0.2, -0.15) is 0 Å². The molecule has 1 atom stereocenters. The third-order valence-corrected chi connectivity index (χ3v) is 2.23. The predicted molar refractivity (Wildman–Crippen MR) is 56.1 cm³/mol. The molecular weight excluding hydrogens is 250 g/mol. The van der Waals surface area contributed by atoms with E-state index < -0.39 is 4.32 Å². The molecule has 1 saturated heterocycles. The van der Waals surface area contributed by atoms with E-state index in [2.05, 4.69) is 21.2 Å². The third kappa shape index (κ3) is 3.94. The number of rotatable bonds is 2. The summed E-state index contributed by atoms with van der Waals surface area (Å²) in [4.78, 5) is 11.5. The quantitative estimate of drug-likeness (QED) is 0.606. The Morgan fingerprint density at radius 3 is 3.00 bits per heavy atom. The van der Waals surface area contributed by atoms with Crippen molar-refractivity contribution in [3.8, 4) is 0 Å². The van der Waals surface area contributed by atoms with Crippen LogP contribution in [-0.4, -0.2) is 29.9 Å². The van der Waals surface area contributed by atoms with Crippen LogP contribution in [0.15, 0.2) is 0 Å². The van der Waals surface area contributed by atoms with Crippen LogP contribution >= 0.6 is 15.9 Å². The zero-order valence-electron chi connectivity index (χ0n) is 8.51. The first-order valence-corrected chi connectivity index (χ1v) is 5.50. The van der Waals surface area contributed by atoms with Gasteiger partial charge in [-0.05, 0) is 20.3 Å². The van der Waals surface area contributed by atoms with Crippen LogP contribution in [0.3, 0.4) is 0 Å². The van der Waals surface area contributed by atoms with Gasteiger partial charge >= 0.3 is 5.97 Å². The summed E-state index contributed by atoms with van der Waals surface area (Å²) in [6, 6.07) is 0. The Hall–Kier alpha value is -0.130. The zero-order valence-corrected chi connectivity index (χ0v) is 10.1. The molecule has 1 rings (SSSR count). The van der Waals surface area contributed by atoms with E-state index in [1.165, 1.54) is 0 Å². The van der Waals surface area contributed by atoms with Crippen LogP contribution in [0.5, 0.6) is 0 Å². The normalized spacial score (nSPS) is 24.1. The van der Waals surface area contributed by atoms with Crippen LogP contribution in [0, 0.1) is 0 Å². The number of carbonyl (C=O) groups excluding carboxylic acids is 1. The summed E-state index contributed by atoms with van der Waals surface area (Å²) in [6.45, 7) is 4.70. The lowest BCUT2D eigenvalue weighted by molar-refractivity contribution is -0.153. The minimum Gasteiger partial charge on any atom is -0.445 e. The van der Waals surface area contributed by atoms with Crippen LogP contribution in [0.1, 0.15) is 26.7 Å². The smallest absolute Gasteiger partial charge is 0.323 e. The van der Waals surface area contributed by atoms with E-state index in [4.69, 9.17) is 9.47 Å². The molecule has 1 aliphatic rings. The van der Waals surface area contributed by atoms with Crippen molar-refractivity contribution in [2.45, 2.75) is 37.2 Å². The van der Waals surface area contributed by atoms with Crippen molar-refractivity contribution in [3.05, 3.63) is 0 Å². The lowest BCUT2D eigenvalue weighted by Crippen LogP contribution is -2.38. The number of halogens is 1. The molecule has 0 aromatic heterocycles. The van der Waals surface area contributed by atoms with Crippen molar-refractivity contribution in [1.82, 2.24) is 5.32 Å². The van der Waals surface area contributed by atoms with Gasteiger partial charge in [-0.3, -0.25) is 10.1 Å². The molecule has 1 heterocycles. The second kappa shape index (κ2) is 5.09. The molecule has 0 aliphatic carbocycles. The van der Waals surface area contributed by atoms with Crippen LogP contribution in [0.25, 0.3) is 0 Å². The van der Waals surface area contributed by atoms with E-state index in [0.717, 1.165) is 19.4 Å². The van der Waals surface area contributed by atoms with Crippen molar-refractivity contribution in [1.29, 1.82) is 0 Å². The molecule has 0 saturated carbocycles. The first kappa shape index (κ1) is 11.9. The Bertz CT molecular complexity index is 195. The largest absolute Gasteiger partial charge is 0.445 e. The van der Waals surface area contributed by atoms with Gasteiger partial charge in [-0.25, -0.2) is 0 Å². The van der Waals surface area contributed by atoms with Gasteiger partial charge in [0.25, 0.3) is 0 Å². The molecule has 0 aromatic carbocycles. The van der Waals surface area contributed by atoms with Crippen molar-refractivity contribution in [3.63, 3.8) is 0 Å². The zero-order chi connectivity index (χ0) is 10.6. The number of hydrogen-bond acceptors (Lipinski definition) is 4. The maximum Gasteiger partial charge on any atom is 0.323 e. The van der Waals surface area contributed by atoms with Gasteiger partial charge in [0, 0.05) is 13.0 Å². The Morgan fingerprint density at radius 1 is 1.64 bits per heavy atom. The lowest BCUT2D eigenvalue weighted by Gasteiger charge is -2.21. The molecule has 1 unspecified atom stereocenters. The van der Waals surface area contributed by atoms with E-state index in [9.17, 15) is 4.79 Å². The Balaban J connectivity index is 2.38. The van der Waals surface area contributed by atoms with Crippen molar-refractivity contribution in [2.75, 3.05) is 13.3 Å². The molecule has 0 aromatic rings. The van der Waals surface area contributed by atoms with E-state index in [1.807, 2.05) is 0 Å². The van der Waals surface area contributed by atoms with E-state index in [-0.39, 0.29) is 12.2 Å². The van der Waals surface area contributed by atoms with Gasteiger partial charge in [0.05, 0.1) is 6.73 Å². The predicted octanol–water partition coefficient (Wildman–Crippen LogP) is 1.39. The SMILES string of the molecule is CC(C)(Br)C(=O)OC1CCCOCN1. The third-order valence-electron chi connectivity index (χ3n) is 1.90. The van der Waals surface area contributed by atoms with Gasteiger partial charge in [0.1, 0.15) is 4.32 Å². The highest BCUT2D eigenvalue weighted by Gasteiger charge is 2.28. The van der Waals surface area contributed by atoms with Gasteiger partial charge in [0.2, 0.25) is 0 Å². The van der Waals surface area contributed by atoms with E-state index >= 15 is 0 Å². The molecule has 5 heteroatoms. The van der Waals surface area contributed by atoms with Crippen molar-refractivity contribution >= 4 is 21.9 Å². The van der Waals surface area contributed by atoms with Gasteiger partial charge in [0.15, 0.2) is 6.23 Å². The molecule has 1 fully saturated rings. The highest BCUT2D eigenvalue weighted by molar-refractivity contribution is 9.10. The molecule has 4 nitrogen and oxygen atoms in total. The number of esters is 1. The minimum absolute atomic E-state index is 0.221. The summed E-state index contributed by atoms with van der Waals surface area (Å²) in [5.74, 6) is -0.253. The lowest BCUT2D eigenvalue weighted by atomic mass is 10.2. The maximum absolute atomic E-state index is 11.5. The summed E-state index contributed by atoms with van der Waals surface area (Å²) in [5.41, 5.74) is 0. The molecular formula is C9H16BrNO3. The molecule has 1 N–H and O–H groups in total. The molecule has 0 amide bonds. The fourth-order valence-electron chi connectivity index (χ4n) is 1.07. The summed E-state index contributed by atoms with van der Waals surface area (Å²) < 4.78 is 9.81. The summed E-state index contributed by atoms with van der Waals surface area (Å²) in [6.07, 6.45) is 1.49. The van der Waals surface area contributed by atoms with Crippen LogP contribution in [0.4, 0.5) is 0 Å². The topological polar surface area (TPSA) is 47.6 Å². The average Bonchev–Trinajstić information content (AvgIpc) is 2.31. The second-order valence-electron chi connectivity index (χ2n) is 3.77. The molecule has 0 bridgehead atoms. The minimum atomic E-state index is -0.623. The summed E-state index contributed by atoms with van der Waals surface area (Å²) in [7, 11) is 0. The Kier molecular flexibility index (Phi) is 4.34. The van der Waals surface area contributed by atoms with Gasteiger partial charge < -0.3 is 9.47 Å². The van der Waals surface area contributed by atoms with E-state index in [0.29, 0.717) is 6.73 Å². The van der Waals surface area contributed by atoms with Crippen LogP contribution < -0.4 is 5.32 Å². The Morgan fingerprint density at radius 2 is 2.36 bits per heavy atom. The number of hydrogen-bond donors (Lipinski definition) is 1. The highest BCUT2D eigenvalue weighted by Crippen LogP contribution is 2.19. The highest BCUT2D eigenvalue weighted by atomic mass is 79.9. The number of ether oxygens (including phenoxy) is 2.